The SMILES string of the molecule is CCCCC(N)CN(CCCC)CCCC. The van der Waals surface area contributed by atoms with Gasteiger partial charge < -0.3 is 10.6 Å². The van der Waals surface area contributed by atoms with Gasteiger partial charge in [-0.3, -0.25) is 0 Å². The van der Waals surface area contributed by atoms with Crippen molar-refractivity contribution in [2.24, 2.45) is 5.73 Å². The molecule has 16 heavy (non-hydrogen) atoms. The minimum Gasteiger partial charge on any atom is -0.327 e. The van der Waals surface area contributed by atoms with Gasteiger partial charge in [0.15, 0.2) is 0 Å². The molecular weight excluding hydrogens is 196 g/mol. The Labute approximate surface area is 103 Å². The van der Waals surface area contributed by atoms with Gasteiger partial charge in [0, 0.05) is 12.6 Å². The summed E-state index contributed by atoms with van der Waals surface area (Å²) in [6.07, 6.45) is 8.91. The van der Waals surface area contributed by atoms with Crippen LogP contribution < -0.4 is 5.73 Å². The topological polar surface area (TPSA) is 29.3 Å². The first-order chi connectivity index (χ1) is 7.74. The predicted octanol–water partition coefficient (Wildman–Crippen LogP) is 3.41. The summed E-state index contributed by atoms with van der Waals surface area (Å²) < 4.78 is 0. The van der Waals surface area contributed by atoms with Gasteiger partial charge in [0.1, 0.15) is 0 Å². The Kier molecular flexibility index (Phi) is 11.3. The van der Waals surface area contributed by atoms with Crippen LogP contribution in [0.1, 0.15) is 65.7 Å². The molecule has 0 aromatic rings. The van der Waals surface area contributed by atoms with Crippen molar-refractivity contribution in [1.29, 1.82) is 0 Å². The van der Waals surface area contributed by atoms with Gasteiger partial charge in [-0.1, -0.05) is 46.5 Å². The highest BCUT2D eigenvalue weighted by Crippen LogP contribution is 2.04. The summed E-state index contributed by atoms with van der Waals surface area (Å²) in [5, 5.41) is 0. The minimum atomic E-state index is 0.383. The van der Waals surface area contributed by atoms with E-state index in [4.69, 9.17) is 5.73 Å². The van der Waals surface area contributed by atoms with Crippen LogP contribution >= 0.6 is 0 Å². The molecule has 0 heterocycles. The van der Waals surface area contributed by atoms with Crippen LogP contribution in [0.3, 0.4) is 0 Å². The van der Waals surface area contributed by atoms with Gasteiger partial charge in [0.2, 0.25) is 0 Å². The van der Waals surface area contributed by atoms with E-state index in [1.54, 1.807) is 0 Å². The van der Waals surface area contributed by atoms with Gasteiger partial charge in [-0.05, 0) is 32.4 Å². The van der Waals surface area contributed by atoms with Gasteiger partial charge in [-0.25, -0.2) is 0 Å². The lowest BCUT2D eigenvalue weighted by atomic mass is 10.1. The van der Waals surface area contributed by atoms with Gasteiger partial charge in [-0.2, -0.15) is 0 Å². The molecule has 0 bridgehead atoms. The van der Waals surface area contributed by atoms with Crippen LogP contribution in [0, 0.1) is 0 Å². The molecule has 0 rings (SSSR count). The fourth-order valence-electron chi connectivity index (χ4n) is 1.95. The van der Waals surface area contributed by atoms with Crippen molar-refractivity contribution in [3.63, 3.8) is 0 Å². The molecule has 0 amide bonds. The maximum absolute atomic E-state index is 6.16. The quantitative estimate of drug-likeness (QED) is 0.587. The van der Waals surface area contributed by atoms with Crippen molar-refractivity contribution in [3.05, 3.63) is 0 Å². The van der Waals surface area contributed by atoms with E-state index in [0.717, 1.165) is 6.54 Å². The molecule has 2 nitrogen and oxygen atoms in total. The number of rotatable bonds is 11. The molecule has 0 saturated carbocycles. The van der Waals surface area contributed by atoms with E-state index < -0.39 is 0 Å². The number of unbranched alkanes of at least 4 members (excludes halogenated alkanes) is 3. The van der Waals surface area contributed by atoms with Crippen LogP contribution in [-0.4, -0.2) is 30.6 Å². The molecule has 0 fully saturated rings. The first-order valence-corrected chi connectivity index (χ1v) is 7.22. The summed E-state index contributed by atoms with van der Waals surface area (Å²) >= 11 is 0. The van der Waals surface area contributed by atoms with Gasteiger partial charge in [-0.15, -0.1) is 0 Å². The highest BCUT2D eigenvalue weighted by molar-refractivity contribution is 4.68. The lowest BCUT2D eigenvalue weighted by Gasteiger charge is -2.25. The van der Waals surface area contributed by atoms with Gasteiger partial charge in [0.05, 0.1) is 0 Å². The minimum absolute atomic E-state index is 0.383. The molecular formula is C14H32N2. The first-order valence-electron chi connectivity index (χ1n) is 7.22. The molecule has 0 radical (unpaired) electrons. The lowest BCUT2D eigenvalue weighted by molar-refractivity contribution is 0.244. The maximum atomic E-state index is 6.16. The monoisotopic (exact) mass is 228 g/mol. The van der Waals surface area contributed by atoms with Crippen LogP contribution in [0.4, 0.5) is 0 Å². The number of nitrogens with zero attached hydrogens (tertiary/aromatic N) is 1. The van der Waals surface area contributed by atoms with Crippen molar-refractivity contribution in [3.8, 4) is 0 Å². The molecule has 2 heteroatoms. The van der Waals surface area contributed by atoms with E-state index in [0.29, 0.717) is 6.04 Å². The summed E-state index contributed by atoms with van der Waals surface area (Å²) in [7, 11) is 0. The fourth-order valence-corrected chi connectivity index (χ4v) is 1.95. The summed E-state index contributed by atoms with van der Waals surface area (Å²) in [4.78, 5) is 2.56. The summed E-state index contributed by atoms with van der Waals surface area (Å²) in [6.45, 7) is 10.3. The average Bonchev–Trinajstić information content (AvgIpc) is 2.30. The summed E-state index contributed by atoms with van der Waals surface area (Å²) in [5.41, 5.74) is 6.16. The van der Waals surface area contributed by atoms with E-state index in [1.165, 1.54) is 58.0 Å². The van der Waals surface area contributed by atoms with Crippen LogP contribution in [0.5, 0.6) is 0 Å². The zero-order valence-electron chi connectivity index (χ0n) is 11.7. The molecule has 1 atom stereocenters. The van der Waals surface area contributed by atoms with Crippen LogP contribution in [0.15, 0.2) is 0 Å². The van der Waals surface area contributed by atoms with E-state index >= 15 is 0 Å². The molecule has 0 aliphatic heterocycles. The molecule has 2 N–H and O–H groups in total. The van der Waals surface area contributed by atoms with Crippen LogP contribution in [0.2, 0.25) is 0 Å². The van der Waals surface area contributed by atoms with E-state index in [-0.39, 0.29) is 0 Å². The normalized spacial score (nSPS) is 13.3. The third kappa shape index (κ3) is 9.17. The smallest absolute Gasteiger partial charge is 0.0167 e. The molecule has 0 spiro atoms. The molecule has 0 saturated heterocycles. The highest BCUT2D eigenvalue weighted by atomic mass is 15.1. The number of nitrogens with two attached hydrogens (primary N) is 1. The summed E-state index contributed by atoms with van der Waals surface area (Å²) in [5.74, 6) is 0. The fraction of sp³-hybridized carbons (Fsp3) is 1.00. The number of hydrogen-bond acceptors (Lipinski definition) is 2. The Balaban J connectivity index is 3.78. The molecule has 0 aromatic heterocycles. The highest BCUT2D eigenvalue weighted by Gasteiger charge is 2.09. The lowest BCUT2D eigenvalue weighted by Crippen LogP contribution is -2.38. The average molecular weight is 228 g/mol. The molecule has 0 aliphatic rings. The second-order valence-electron chi connectivity index (χ2n) is 4.91. The number of hydrogen-bond donors (Lipinski definition) is 1. The van der Waals surface area contributed by atoms with Crippen molar-refractivity contribution >= 4 is 0 Å². The van der Waals surface area contributed by atoms with Crippen LogP contribution in [0.25, 0.3) is 0 Å². The Morgan fingerprint density at radius 3 is 1.81 bits per heavy atom. The molecule has 0 aliphatic carbocycles. The second-order valence-corrected chi connectivity index (χ2v) is 4.91. The van der Waals surface area contributed by atoms with E-state index in [1.807, 2.05) is 0 Å². The van der Waals surface area contributed by atoms with Crippen molar-refractivity contribution in [2.75, 3.05) is 19.6 Å². The zero-order chi connectivity index (χ0) is 12.2. The largest absolute Gasteiger partial charge is 0.327 e. The Hall–Kier alpha value is -0.0800. The third-order valence-electron chi connectivity index (χ3n) is 3.08. The van der Waals surface area contributed by atoms with Crippen LogP contribution in [-0.2, 0) is 0 Å². The Morgan fingerprint density at radius 1 is 0.875 bits per heavy atom. The van der Waals surface area contributed by atoms with Crippen molar-refractivity contribution in [2.45, 2.75) is 71.8 Å². The Bertz CT molecular complexity index is 129. The second kappa shape index (κ2) is 11.4. The van der Waals surface area contributed by atoms with Gasteiger partial charge >= 0.3 is 0 Å². The molecule has 1 unspecified atom stereocenters. The zero-order valence-corrected chi connectivity index (χ0v) is 11.7. The van der Waals surface area contributed by atoms with E-state index in [9.17, 15) is 0 Å². The summed E-state index contributed by atoms with van der Waals surface area (Å²) in [6, 6.07) is 0.383. The Morgan fingerprint density at radius 2 is 1.38 bits per heavy atom. The standard InChI is InChI=1S/C14H32N2/c1-4-7-10-14(15)13-16(11-8-5-2)12-9-6-3/h14H,4-13,15H2,1-3H3. The maximum Gasteiger partial charge on any atom is 0.0167 e. The molecule has 98 valence electrons. The molecule has 0 aromatic carbocycles. The van der Waals surface area contributed by atoms with Crippen molar-refractivity contribution < 1.29 is 0 Å². The predicted molar refractivity (Wildman–Crippen MR) is 73.8 cm³/mol. The first kappa shape index (κ1) is 15.9. The van der Waals surface area contributed by atoms with Gasteiger partial charge in [0.25, 0.3) is 0 Å². The van der Waals surface area contributed by atoms with Crippen molar-refractivity contribution in [1.82, 2.24) is 4.90 Å². The third-order valence-corrected chi connectivity index (χ3v) is 3.08. The van der Waals surface area contributed by atoms with E-state index in [2.05, 4.69) is 25.7 Å².